The van der Waals surface area contributed by atoms with E-state index in [0.29, 0.717) is 12.1 Å². The molecule has 2 rings (SSSR count). The summed E-state index contributed by atoms with van der Waals surface area (Å²) in [6.07, 6.45) is 1.61. The molecule has 1 atom stereocenters. The van der Waals surface area contributed by atoms with Gasteiger partial charge in [-0.25, -0.2) is 0 Å². The maximum Gasteiger partial charge on any atom is 0.249 e. The minimum Gasteiger partial charge on any atom is -0.366 e. The van der Waals surface area contributed by atoms with Crippen molar-refractivity contribution in [2.24, 2.45) is 11.5 Å². The molecule has 4 nitrogen and oxygen atoms in total. The lowest BCUT2D eigenvalue weighted by molar-refractivity contribution is 0.100. The number of para-hydroxylation sites is 1. The Morgan fingerprint density at radius 2 is 2.18 bits per heavy atom. The van der Waals surface area contributed by atoms with Gasteiger partial charge in [-0.05, 0) is 24.1 Å². The molecule has 1 heterocycles. The highest BCUT2D eigenvalue weighted by Crippen LogP contribution is 2.25. The van der Waals surface area contributed by atoms with Gasteiger partial charge >= 0.3 is 0 Å². The third-order valence-electron chi connectivity index (χ3n) is 2.95. The second-order valence-electron chi connectivity index (χ2n) is 4.10. The molecule has 0 saturated carbocycles. The van der Waals surface area contributed by atoms with Crippen molar-refractivity contribution in [1.82, 2.24) is 4.98 Å². The Morgan fingerprint density at radius 1 is 1.41 bits per heavy atom. The Labute approximate surface area is 99.6 Å². The smallest absolute Gasteiger partial charge is 0.249 e. The van der Waals surface area contributed by atoms with Gasteiger partial charge in [-0.1, -0.05) is 25.1 Å². The number of nitrogens with zero attached hydrogens (tertiary/aromatic N) is 1. The molecule has 0 aliphatic carbocycles. The van der Waals surface area contributed by atoms with Gasteiger partial charge in [0.2, 0.25) is 5.91 Å². The van der Waals surface area contributed by atoms with E-state index in [-0.39, 0.29) is 5.92 Å². The molecule has 0 spiro atoms. The molecule has 17 heavy (non-hydrogen) atoms. The molecule has 0 unspecified atom stereocenters. The molecule has 0 aliphatic rings. The normalized spacial score (nSPS) is 12.6. The Hall–Kier alpha value is -1.94. The molecule has 88 valence electrons. The van der Waals surface area contributed by atoms with E-state index in [0.717, 1.165) is 16.5 Å². The lowest BCUT2D eigenvalue weighted by Crippen LogP contribution is -2.13. The standard InChI is InChI=1S/C13H15N3O/c1-8(7-14)9-3-2-4-10-11(13(15)17)5-6-16-12(9)10/h2-6,8H,7,14H2,1H3,(H2,15,17)/t8-/m1/s1. The van der Waals surface area contributed by atoms with E-state index in [2.05, 4.69) is 4.98 Å². The summed E-state index contributed by atoms with van der Waals surface area (Å²) in [5, 5.41) is 0.790. The Kier molecular flexibility index (Phi) is 3.06. The fourth-order valence-corrected chi connectivity index (χ4v) is 1.94. The number of rotatable bonds is 3. The van der Waals surface area contributed by atoms with E-state index in [1.54, 1.807) is 12.3 Å². The fourth-order valence-electron chi connectivity index (χ4n) is 1.94. The maximum absolute atomic E-state index is 11.3. The van der Waals surface area contributed by atoms with Gasteiger partial charge in [-0.15, -0.1) is 0 Å². The van der Waals surface area contributed by atoms with E-state index in [9.17, 15) is 4.79 Å². The van der Waals surface area contributed by atoms with E-state index in [1.165, 1.54) is 0 Å². The average molecular weight is 229 g/mol. The summed E-state index contributed by atoms with van der Waals surface area (Å²) in [6.45, 7) is 2.58. The molecule has 0 bridgehead atoms. The molecular weight excluding hydrogens is 214 g/mol. The van der Waals surface area contributed by atoms with E-state index < -0.39 is 5.91 Å². The number of fused-ring (bicyclic) bond motifs is 1. The van der Waals surface area contributed by atoms with Crippen LogP contribution < -0.4 is 11.5 Å². The summed E-state index contributed by atoms with van der Waals surface area (Å²) in [5.41, 5.74) is 13.4. The lowest BCUT2D eigenvalue weighted by atomic mass is 9.96. The molecule has 1 aromatic carbocycles. The third kappa shape index (κ3) is 1.99. The van der Waals surface area contributed by atoms with Crippen LogP contribution in [0.1, 0.15) is 28.8 Å². The first-order chi connectivity index (χ1) is 8.15. The van der Waals surface area contributed by atoms with E-state index >= 15 is 0 Å². The van der Waals surface area contributed by atoms with Gasteiger partial charge < -0.3 is 11.5 Å². The largest absolute Gasteiger partial charge is 0.366 e. The summed E-state index contributed by atoms with van der Waals surface area (Å²) in [5.74, 6) is -0.232. The Bertz CT molecular complexity index is 566. The van der Waals surface area contributed by atoms with E-state index in [1.807, 2.05) is 25.1 Å². The highest BCUT2D eigenvalue weighted by molar-refractivity contribution is 6.05. The number of primary amides is 1. The van der Waals surface area contributed by atoms with Crippen LogP contribution in [-0.2, 0) is 0 Å². The van der Waals surface area contributed by atoms with Crippen LogP contribution >= 0.6 is 0 Å². The van der Waals surface area contributed by atoms with Crippen LogP contribution in [0, 0.1) is 0 Å². The van der Waals surface area contributed by atoms with Gasteiger partial charge in [0.05, 0.1) is 11.1 Å². The highest BCUT2D eigenvalue weighted by atomic mass is 16.1. The zero-order chi connectivity index (χ0) is 12.4. The molecule has 0 fully saturated rings. The lowest BCUT2D eigenvalue weighted by Gasteiger charge is -2.12. The molecule has 1 amide bonds. The molecule has 1 aromatic heterocycles. The van der Waals surface area contributed by atoms with Crippen LogP contribution in [0.4, 0.5) is 0 Å². The molecule has 2 aromatic rings. The van der Waals surface area contributed by atoms with Crippen molar-refractivity contribution in [3.05, 3.63) is 41.6 Å². The van der Waals surface area contributed by atoms with Gasteiger partial charge in [0.25, 0.3) is 0 Å². The molecule has 0 radical (unpaired) electrons. The van der Waals surface area contributed by atoms with Crippen LogP contribution in [0.3, 0.4) is 0 Å². The number of carbonyl (C=O) groups is 1. The number of carbonyl (C=O) groups excluding carboxylic acids is 1. The quantitative estimate of drug-likeness (QED) is 0.834. The predicted octanol–water partition coefficient (Wildman–Crippen LogP) is 1.40. The van der Waals surface area contributed by atoms with Gasteiger partial charge in [-0.3, -0.25) is 9.78 Å². The molecule has 0 saturated heterocycles. The van der Waals surface area contributed by atoms with Crippen molar-refractivity contribution in [3.63, 3.8) is 0 Å². The monoisotopic (exact) mass is 229 g/mol. The van der Waals surface area contributed by atoms with Crippen molar-refractivity contribution in [1.29, 1.82) is 0 Å². The van der Waals surface area contributed by atoms with Crippen LogP contribution in [-0.4, -0.2) is 17.4 Å². The average Bonchev–Trinajstić information content (AvgIpc) is 2.36. The molecule has 0 aliphatic heterocycles. The number of pyridine rings is 1. The predicted molar refractivity (Wildman–Crippen MR) is 67.7 cm³/mol. The minimum absolute atomic E-state index is 0.203. The zero-order valence-electron chi connectivity index (χ0n) is 9.68. The number of amides is 1. The number of hydrogen-bond acceptors (Lipinski definition) is 3. The first-order valence-electron chi connectivity index (χ1n) is 5.52. The number of nitrogens with two attached hydrogens (primary N) is 2. The third-order valence-corrected chi connectivity index (χ3v) is 2.95. The van der Waals surface area contributed by atoms with Crippen molar-refractivity contribution < 1.29 is 4.79 Å². The van der Waals surface area contributed by atoms with Crippen LogP contribution in [0.5, 0.6) is 0 Å². The maximum atomic E-state index is 11.3. The summed E-state index contributed by atoms with van der Waals surface area (Å²) < 4.78 is 0. The van der Waals surface area contributed by atoms with Crippen molar-refractivity contribution in [2.75, 3.05) is 6.54 Å². The second kappa shape index (κ2) is 4.51. The molecular formula is C13H15N3O. The number of benzene rings is 1. The van der Waals surface area contributed by atoms with Gasteiger partial charge in [0.1, 0.15) is 0 Å². The molecule has 4 heteroatoms. The van der Waals surface area contributed by atoms with Crippen molar-refractivity contribution in [3.8, 4) is 0 Å². The van der Waals surface area contributed by atoms with Gasteiger partial charge in [-0.2, -0.15) is 0 Å². The summed E-state index contributed by atoms with van der Waals surface area (Å²) in [7, 11) is 0. The number of aromatic nitrogens is 1. The summed E-state index contributed by atoms with van der Waals surface area (Å²) in [4.78, 5) is 15.7. The SMILES string of the molecule is C[C@H](CN)c1cccc2c(C(N)=O)ccnc12. The summed E-state index contributed by atoms with van der Waals surface area (Å²) in [6, 6.07) is 7.38. The first-order valence-corrected chi connectivity index (χ1v) is 5.52. The summed E-state index contributed by atoms with van der Waals surface area (Å²) >= 11 is 0. The topological polar surface area (TPSA) is 82.0 Å². The van der Waals surface area contributed by atoms with Crippen LogP contribution in [0.15, 0.2) is 30.5 Å². The van der Waals surface area contributed by atoms with Crippen LogP contribution in [0.25, 0.3) is 10.9 Å². The first kappa shape index (κ1) is 11.5. The van der Waals surface area contributed by atoms with Gasteiger partial charge in [0.15, 0.2) is 0 Å². The number of hydrogen-bond donors (Lipinski definition) is 2. The van der Waals surface area contributed by atoms with Crippen LogP contribution in [0.2, 0.25) is 0 Å². The van der Waals surface area contributed by atoms with Crippen molar-refractivity contribution in [2.45, 2.75) is 12.8 Å². The van der Waals surface area contributed by atoms with Gasteiger partial charge in [0, 0.05) is 11.6 Å². The van der Waals surface area contributed by atoms with E-state index in [4.69, 9.17) is 11.5 Å². The Balaban J connectivity index is 2.74. The highest BCUT2D eigenvalue weighted by Gasteiger charge is 2.12. The minimum atomic E-state index is -0.435. The Morgan fingerprint density at radius 3 is 2.82 bits per heavy atom. The molecule has 4 N–H and O–H groups in total. The fraction of sp³-hybridized carbons (Fsp3) is 0.231. The second-order valence-corrected chi connectivity index (χ2v) is 4.10. The zero-order valence-corrected chi connectivity index (χ0v) is 9.68. The van der Waals surface area contributed by atoms with Crippen molar-refractivity contribution >= 4 is 16.8 Å².